The number of halogens is 6. The minimum atomic E-state index is -1.41. The van der Waals surface area contributed by atoms with Gasteiger partial charge in [0.05, 0.1) is 11.1 Å². The second-order valence-electron chi connectivity index (χ2n) is 7.71. The van der Waals surface area contributed by atoms with E-state index in [4.69, 9.17) is 0 Å². The molecule has 0 spiro atoms. The van der Waals surface area contributed by atoms with Gasteiger partial charge in [0.1, 0.15) is 11.0 Å². The van der Waals surface area contributed by atoms with E-state index in [1.165, 1.54) is 0 Å². The number of aryl methyl sites for hydroxylation is 4. The smallest absolute Gasteiger partial charge is 0.215 e. The van der Waals surface area contributed by atoms with Crippen molar-refractivity contribution in [1.29, 1.82) is 0 Å². The zero-order valence-electron chi connectivity index (χ0n) is 17.5. The van der Waals surface area contributed by atoms with Crippen molar-refractivity contribution in [3.63, 3.8) is 0 Å². The molecule has 0 atom stereocenters. The molecule has 8 heteroatoms. The molecule has 0 aliphatic rings. The van der Waals surface area contributed by atoms with E-state index in [1.807, 2.05) is 0 Å². The number of hydrogen-bond donors (Lipinski definition) is 0. The van der Waals surface area contributed by atoms with Gasteiger partial charge in [-0.15, -0.1) is 0 Å². The van der Waals surface area contributed by atoms with E-state index in [9.17, 15) is 8.78 Å². The van der Waals surface area contributed by atoms with E-state index in [1.54, 1.807) is 52.0 Å². The molecule has 0 aliphatic heterocycles. The highest BCUT2D eigenvalue weighted by Crippen LogP contribution is 2.41. The van der Waals surface area contributed by atoms with E-state index in [-0.39, 0.29) is 22.2 Å². The molecular formula is C24H16Br2F4N2. The van der Waals surface area contributed by atoms with Crippen LogP contribution in [0.1, 0.15) is 22.3 Å². The second-order valence-corrected chi connectivity index (χ2v) is 9.42. The van der Waals surface area contributed by atoms with Gasteiger partial charge in [-0.2, -0.15) is 8.78 Å². The monoisotopic (exact) mass is 566 g/mol. The standard InChI is InChI=1S/C24H16Br2F4N2/c1-9-7-15(25)11(3)5-13(9)17-19(27)23(29)32-22-18(20(28)24(30)31-21(17)22)14-6-12(4)16(26)8-10(14)2/h5-8H,1-4H3. The van der Waals surface area contributed by atoms with Crippen LogP contribution in [0.4, 0.5) is 17.6 Å². The maximum atomic E-state index is 15.1. The Kier molecular flexibility index (Phi) is 5.88. The number of aromatic nitrogens is 2. The second kappa shape index (κ2) is 8.23. The van der Waals surface area contributed by atoms with Gasteiger partial charge in [0.15, 0.2) is 11.6 Å². The Balaban J connectivity index is 2.21. The maximum Gasteiger partial charge on any atom is 0.250 e. The number of fused-ring (bicyclic) bond motifs is 1. The lowest BCUT2D eigenvalue weighted by Crippen LogP contribution is -2.05. The lowest BCUT2D eigenvalue weighted by Gasteiger charge is -2.16. The molecule has 0 fully saturated rings. The van der Waals surface area contributed by atoms with E-state index in [0.29, 0.717) is 22.3 Å². The van der Waals surface area contributed by atoms with E-state index >= 15 is 8.78 Å². The van der Waals surface area contributed by atoms with Gasteiger partial charge in [0.2, 0.25) is 11.9 Å². The fourth-order valence-electron chi connectivity index (χ4n) is 3.76. The average molecular weight is 568 g/mol. The number of hydrogen-bond acceptors (Lipinski definition) is 2. The summed E-state index contributed by atoms with van der Waals surface area (Å²) in [6, 6.07) is 6.79. The van der Waals surface area contributed by atoms with Gasteiger partial charge >= 0.3 is 0 Å². The Morgan fingerprint density at radius 2 is 0.906 bits per heavy atom. The predicted molar refractivity (Wildman–Crippen MR) is 125 cm³/mol. The van der Waals surface area contributed by atoms with Gasteiger partial charge in [-0.25, -0.2) is 18.7 Å². The van der Waals surface area contributed by atoms with Gasteiger partial charge in [-0.05, 0) is 85.3 Å². The first-order valence-electron chi connectivity index (χ1n) is 9.59. The molecule has 4 aromatic rings. The van der Waals surface area contributed by atoms with Crippen LogP contribution in [0.25, 0.3) is 33.3 Å². The van der Waals surface area contributed by atoms with Crippen LogP contribution in [0.5, 0.6) is 0 Å². The SMILES string of the molecule is Cc1cc(-c2c(F)c(F)nc3c(-c4cc(C)c(Br)cc4C)c(F)c(F)nc23)c(C)cc1Br. The predicted octanol–water partition coefficient (Wildman–Crippen LogP) is 8.28. The minimum absolute atomic E-state index is 0.248. The van der Waals surface area contributed by atoms with Crippen LogP contribution in [0.15, 0.2) is 33.2 Å². The van der Waals surface area contributed by atoms with Crippen molar-refractivity contribution in [1.82, 2.24) is 9.97 Å². The Labute approximate surface area is 199 Å². The minimum Gasteiger partial charge on any atom is -0.215 e. The van der Waals surface area contributed by atoms with Crippen LogP contribution in [0, 0.1) is 51.2 Å². The Hall–Kier alpha value is -2.32. The highest BCUT2D eigenvalue weighted by molar-refractivity contribution is 9.10. The third-order valence-corrected chi connectivity index (χ3v) is 7.18. The first kappa shape index (κ1) is 22.9. The van der Waals surface area contributed by atoms with Gasteiger partial charge in [-0.1, -0.05) is 31.9 Å². The Bertz CT molecular complexity index is 1330. The van der Waals surface area contributed by atoms with E-state index < -0.39 is 23.5 Å². The molecule has 0 radical (unpaired) electrons. The van der Waals surface area contributed by atoms with Gasteiger partial charge in [0, 0.05) is 8.95 Å². The molecule has 2 heterocycles. The summed E-state index contributed by atoms with van der Waals surface area (Å²) >= 11 is 6.82. The Morgan fingerprint density at radius 3 is 1.25 bits per heavy atom. The van der Waals surface area contributed by atoms with Crippen LogP contribution in [-0.4, -0.2) is 9.97 Å². The fraction of sp³-hybridized carbons (Fsp3) is 0.167. The van der Waals surface area contributed by atoms with Crippen LogP contribution in [0.3, 0.4) is 0 Å². The molecular weight excluding hydrogens is 552 g/mol. The summed E-state index contributed by atoms with van der Waals surface area (Å²) < 4.78 is 61.2. The van der Waals surface area contributed by atoms with Crippen molar-refractivity contribution in [3.8, 4) is 22.3 Å². The molecule has 2 aromatic heterocycles. The first-order chi connectivity index (χ1) is 15.0. The zero-order chi connectivity index (χ0) is 23.5. The summed E-state index contributed by atoms with van der Waals surface area (Å²) in [5, 5.41) is 0. The maximum absolute atomic E-state index is 15.1. The topological polar surface area (TPSA) is 25.8 Å². The van der Waals surface area contributed by atoms with Gasteiger partial charge in [-0.3, -0.25) is 0 Å². The molecule has 0 saturated carbocycles. The zero-order valence-corrected chi connectivity index (χ0v) is 20.6. The fourth-order valence-corrected chi connectivity index (χ4v) is 4.67. The number of benzene rings is 2. The highest BCUT2D eigenvalue weighted by atomic mass is 79.9. The van der Waals surface area contributed by atoms with Crippen molar-refractivity contribution < 1.29 is 17.6 Å². The summed E-state index contributed by atoms with van der Waals surface area (Å²) in [4.78, 5) is 7.34. The third-order valence-electron chi connectivity index (χ3n) is 5.47. The molecule has 2 aromatic carbocycles. The summed E-state index contributed by atoms with van der Waals surface area (Å²) in [5.74, 6) is -5.35. The third kappa shape index (κ3) is 3.63. The van der Waals surface area contributed by atoms with E-state index in [2.05, 4.69) is 41.8 Å². The van der Waals surface area contributed by atoms with Crippen LogP contribution in [-0.2, 0) is 0 Å². The quantitative estimate of drug-likeness (QED) is 0.180. The molecule has 32 heavy (non-hydrogen) atoms. The molecule has 0 N–H and O–H groups in total. The summed E-state index contributed by atoms with van der Waals surface area (Å²) in [6.07, 6.45) is 0. The van der Waals surface area contributed by atoms with Crippen molar-refractivity contribution in [2.24, 2.45) is 0 Å². The van der Waals surface area contributed by atoms with Crippen molar-refractivity contribution in [2.75, 3.05) is 0 Å². The van der Waals surface area contributed by atoms with E-state index in [0.717, 1.165) is 20.1 Å². The number of rotatable bonds is 2. The van der Waals surface area contributed by atoms with Crippen molar-refractivity contribution in [2.45, 2.75) is 27.7 Å². The van der Waals surface area contributed by atoms with Crippen molar-refractivity contribution in [3.05, 3.63) is 79.0 Å². The molecule has 0 unspecified atom stereocenters. The summed E-state index contributed by atoms with van der Waals surface area (Å²) in [7, 11) is 0. The molecule has 4 rings (SSSR count). The van der Waals surface area contributed by atoms with Gasteiger partial charge in [0.25, 0.3) is 0 Å². The highest BCUT2D eigenvalue weighted by Gasteiger charge is 2.27. The van der Waals surface area contributed by atoms with Crippen LogP contribution in [0.2, 0.25) is 0 Å². The lowest BCUT2D eigenvalue weighted by molar-refractivity contribution is 0.476. The summed E-state index contributed by atoms with van der Waals surface area (Å²) in [5.41, 5.74) is 2.37. The normalized spacial score (nSPS) is 11.4. The molecule has 2 nitrogen and oxygen atoms in total. The Morgan fingerprint density at radius 1 is 0.562 bits per heavy atom. The number of nitrogens with zero attached hydrogens (tertiary/aromatic N) is 2. The van der Waals surface area contributed by atoms with Gasteiger partial charge < -0.3 is 0 Å². The molecule has 0 bridgehead atoms. The lowest BCUT2D eigenvalue weighted by atomic mass is 9.93. The van der Waals surface area contributed by atoms with Crippen molar-refractivity contribution >= 4 is 42.9 Å². The molecule has 0 amide bonds. The molecule has 0 aliphatic carbocycles. The molecule has 164 valence electrons. The average Bonchev–Trinajstić information content (AvgIpc) is 2.72. The largest absolute Gasteiger partial charge is 0.250 e. The van der Waals surface area contributed by atoms with Crippen LogP contribution >= 0.6 is 31.9 Å². The number of pyridine rings is 2. The first-order valence-corrected chi connectivity index (χ1v) is 11.2. The molecule has 0 saturated heterocycles. The van der Waals surface area contributed by atoms with Crippen LogP contribution < -0.4 is 0 Å². The summed E-state index contributed by atoms with van der Waals surface area (Å²) in [6.45, 7) is 7.01.